The van der Waals surface area contributed by atoms with Gasteiger partial charge in [0.2, 0.25) is 0 Å². The van der Waals surface area contributed by atoms with Gasteiger partial charge in [-0.15, -0.1) is 0 Å². The van der Waals surface area contributed by atoms with Gasteiger partial charge >= 0.3 is 0 Å². The van der Waals surface area contributed by atoms with E-state index in [0.29, 0.717) is 0 Å². The minimum Gasteiger partial charge on any atom is -0.154 e. The average molecular weight is 100 g/mol. The summed E-state index contributed by atoms with van der Waals surface area (Å²) in [6.07, 6.45) is 0. The van der Waals surface area contributed by atoms with Crippen LogP contribution in [0.1, 0.15) is 5.43 Å². The lowest BCUT2D eigenvalue weighted by Gasteiger charge is -1.63. The van der Waals surface area contributed by atoms with E-state index in [9.17, 15) is 0 Å². The molecular formula is C3H5N2P. The first-order valence-electron chi connectivity index (χ1n) is 1.72. The van der Waals surface area contributed by atoms with E-state index in [-0.39, 0.29) is 0 Å². The maximum absolute atomic E-state index is 3.73. The third-order valence-electron chi connectivity index (χ3n) is 0.539. The molecule has 1 aromatic rings. The highest BCUT2D eigenvalue weighted by Crippen LogP contribution is 2.03. The van der Waals surface area contributed by atoms with Crippen molar-refractivity contribution in [3.8, 4) is 0 Å². The van der Waals surface area contributed by atoms with Crippen LogP contribution < -0.4 is 0 Å². The van der Waals surface area contributed by atoms with Gasteiger partial charge in [0, 0.05) is 0 Å². The fourth-order valence-electron chi connectivity index (χ4n) is 0.267. The molecule has 6 heavy (non-hydrogen) atoms. The summed E-state index contributed by atoms with van der Waals surface area (Å²) in [5, 5.41) is 7.37. The van der Waals surface area contributed by atoms with Gasteiger partial charge in [0.25, 0.3) is 0 Å². The summed E-state index contributed by atoms with van der Waals surface area (Å²) >= 11 is 0. The Hall–Kier alpha value is -0.360. The molecule has 0 aliphatic rings. The van der Waals surface area contributed by atoms with Crippen molar-refractivity contribution in [3.05, 3.63) is 11.4 Å². The predicted octanol–water partition coefficient (Wildman–Crippen LogP) is 0.816. The normalized spacial score (nSPS) is 10.2. The van der Waals surface area contributed by atoms with Crippen molar-refractivity contribution in [1.29, 1.82) is 0 Å². The standard InChI is InChI=1S/C3H5N2P/c1-3-5-4-2-6-3/h2,6H,1H3. The first-order chi connectivity index (χ1) is 2.89. The topological polar surface area (TPSA) is 25.8 Å². The third kappa shape index (κ3) is 0.575. The summed E-state index contributed by atoms with van der Waals surface area (Å²) in [6.45, 7) is 1.98. The van der Waals surface area contributed by atoms with Crippen LogP contribution in [0.2, 0.25) is 0 Å². The Morgan fingerprint density at radius 3 is 2.83 bits per heavy atom. The van der Waals surface area contributed by atoms with E-state index in [1.165, 1.54) is 0 Å². The van der Waals surface area contributed by atoms with Gasteiger partial charge in [-0.2, -0.15) is 10.2 Å². The second kappa shape index (κ2) is 1.39. The summed E-state index contributed by atoms with van der Waals surface area (Å²) in [4.78, 5) is 0. The molecule has 0 aromatic carbocycles. The molecule has 0 bridgehead atoms. The van der Waals surface area contributed by atoms with Crippen molar-refractivity contribution in [3.63, 3.8) is 0 Å². The molecular weight excluding hydrogens is 95.0 g/mol. The summed E-state index contributed by atoms with van der Waals surface area (Å²) < 4.78 is 0. The van der Waals surface area contributed by atoms with Crippen molar-refractivity contribution in [2.75, 3.05) is 0 Å². The zero-order valence-electron chi connectivity index (χ0n) is 3.47. The van der Waals surface area contributed by atoms with Crippen LogP contribution in [0, 0.1) is 6.92 Å². The van der Waals surface area contributed by atoms with Crippen LogP contribution in [0.3, 0.4) is 0 Å². The number of aromatic nitrogens is 2. The lowest BCUT2D eigenvalue weighted by atomic mass is 10.9. The average Bonchev–Trinajstić information content (AvgIpc) is 1.86. The Labute approximate surface area is 37.7 Å². The van der Waals surface area contributed by atoms with E-state index >= 15 is 0 Å². The van der Waals surface area contributed by atoms with E-state index in [1.807, 2.05) is 12.9 Å². The zero-order chi connectivity index (χ0) is 4.41. The van der Waals surface area contributed by atoms with Gasteiger partial charge in [-0.1, -0.05) is 8.19 Å². The Bertz CT molecular complexity index is 112. The molecule has 1 heterocycles. The maximum atomic E-state index is 3.73. The van der Waals surface area contributed by atoms with Crippen LogP contribution in [0.15, 0.2) is 5.93 Å². The van der Waals surface area contributed by atoms with Crippen molar-refractivity contribution in [1.82, 2.24) is 10.2 Å². The molecule has 3 heteroatoms. The highest BCUT2D eigenvalue weighted by atomic mass is 31.0. The minimum absolute atomic E-state index is 0.741. The van der Waals surface area contributed by atoms with Crippen LogP contribution in [0.25, 0.3) is 0 Å². The first kappa shape index (κ1) is 3.82. The van der Waals surface area contributed by atoms with Gasteiger partial charge in [0.05, 0.1) is 11.4 Å². The maximum Gasteiger partial charge on any atom is 0.0772 e. The van der Waals surface area contributed by atoms with Crippen LogP contribution in [0.5, 0.6) is 0 Å². The largest absolute Gasteiger partial charge is 0.154 e. The zero-order valence-corrected chi connectivity index (χ0v) is 4.47. The Morgan fingerprint density at radius 1 is 1.83 bits per heavy atom. The van der Waals surface area contributed by atoms with E-state index in [4.69, 9.17) is 0 Å². The second-order valence-corrected chi connectivity index (χ2v) is 2.34. The van der Waals surface area contributed by atoms with E-state index in [0.717, 1.165) is 13.6 Å². The van der Waals surface area contributed by atoms with E-state index in [1.54, 1.807) is 0 Å². The fourth-order valence-corrected chi connectivity index (χ4v) is 0.684. The number of aryl methyl sites for hydroxylation is 1. The van der Waals surface area contributed by atoms with Crippen molar-refractivity contribution >= 4 is 8.19 Å². The lowest BCUT2D eigenvalue weighted by Crippen LogP contribution is -1.63. The van der Waals surface area contributed by atoms with Gasteiger partial charge in [-0.3, -0.25) is 0 Å². The lowest BCUT2D eigenvalue weighted by molar-refractivity contribution is 1.05. The molecule has 1 unspecified atom stereocenters. The number of rotatable bonds is 0. The molecule has 32 valence electrons. The quantitative estimate of drug-likeness (QED) is 0.482. The van der Waals surface area contributed by atoms with Gasteiger partial charge < -0.3 is 0 Å². The highest BCUT2D eigenvalue weighted by Gasteiger charge is 1.76. The first-order valence-corrected chi connectivity index (χ1v) is 2.80. The van der Waals surface area contributed by atoms with Crippen molar-refractivity contribution in [2.45, 2.75) is 6.92 Å². The van der Waals surface area contributed by atoms with Gasteiger partial charge in [-0.25, -0.2) is 0 Å². The summed E-state index contributed by atoms with van der Waals surface area (Å²) in [5.41, 5.74) is 1.13. The fraction of sp³-hybridized carbons (Fsp3) is 0.333. The van der Waals surface area contributed by atoms with Gasteiger partial charge in [-0.05, 0) is 6.92 Å². The van der Waals surface area contributed by atoms with Crippen molar-refractivity contribution in [2.24, 2.45) is 0 Å². The number of nitrogens with zero attached hydrogens (tertiary/aromatic N) is 2. The third-order valence-corrected chi connectivity index (χ3v) is 1.30. The number of hydrogen-bond acceptors (Lipinski definition) is 2. The molecule has 0 saturated heterocycles. The molecule has 0 amide bonds. The second-order valence-electron chi connectivity index (χ2n) is 1.07. The van der Waals surface area contributed by atoms with Gasteiger partial charge in [0.15, 0.2) is 0 Å². The molecule has 0 saturated carbocycles. The Kier molecular flexibility index (Phi) is 0.887. The molecule has 0 radical (unpaired) electrons. The van der Waals surface area contributed by atoms with Crippen LogP contribution >= 0.6 is 8.19 Å². The monoisotopic (exact) mass is 100 g/mol. The predicted molar refractivity (Wildman–Crippen MR) is 26.3 cm³/mol. The van der Waals surface area contributed by atoms with Crippen LogP contribution in [-0.2, 0) is 0 Å². The summed E-state index contributed by atoms with van der Waals surface area (Å²) in [6, 6.07) is 0. The van der Waals surface area contributed by atoms with E-state index in [2.05, 4.69) is 10.2 Å². The minimum atomic E-state index is 0.741. The molecule has 2 nitrogen and oxygen atoms in total. The smallest absolute Gasteiger partial charge is 0.0772 e. The Balaban J connectivity index is 3.05. The summed E-state index contributed by atoms with van der Waals surface area (Å²) in [5.74, 6) is 1.83. The SMILES string of the molecule is Cc1nnc[pH]1. The van der Waals surface area contributed by atoms with Crippen LogP contribution in [-0.4, -0.2) is 10.2 Å². The molecule has 1 rings (SSSR count). The molecule has 1 aromatic heterocycles. The Morgan fingerprint density at radius 2 is 2.67 bits per heavy atom. The summed E-state index contributed by atoms with van der Waals surface area (Å²) in [7, 11) is 0.741. The molecule has 0 aliphatic carbocycles. The molecule has 0 aliphatic heterocycles. The molecule has 0 fully saturated rings. The van der Waals surface area contributed by atoms with E-state index < -0.39 is 0 Å². The molecule has 1 atom stereocenters. The van der Waals surface area contributed by atoms with Gasteiger partial charge in [0.1, 0.15) is 0 Å². The van der Waals surface area contributed by atoms with Crippen LogP contribution in [0.4, 0.5) is 0 Å². The number of hydrogen-bond donors (Lipinski definition) is 0. The molecule has 0 N–H and O–H groups in total. The van der Waals surface area contributed by atoms with Crippen molar-refractivity contribution < 1.29 is 0 Å². The highest BCUT2D eigenvalue weighted by molar-refractivity contribution is 7.29. The molecule has 0 spiro atoms.